The van der Waals surface area contributed by atoms with Gasteiger partial charge in [-0.15, -0.1) is 0 Å². The number of aromatic nitrogens is 1. The number of halogens is 1. The molecule has 1 fully saturated rings. The Kier molecular flexibility index (Phi) is 3.13. The Morgan fingerprint density at radius 3 is 2.73 bits per heavy atom. The first-order valence-electron chi connectivity index (χ1n) is 5.06. The van der Waals surface area contributed by atoms with Gasteiger partial charge in [0.1, 0.15) is 0 Å². The van der Waals surface area contributed by atoms with Crippen LogP contribution in [0.15, 0.2) is 18.3 Å². The second-order valence-corrected chi connectivity index (χ2v) is 3.74. The average molecular weight is 210 g/mol. The summed E-state index contributed by atoms with van der Waals surface area (Å²) in [6.07, 6.45) is 1.58. The van der Waals surface area contributed by atoms with E-state index in [0.29, 0.717) is 5.82 Å². The molecule has 0 radical (unpaired) electrons. The molecule has 0 atom stereocenters. The number of pyridine rings is 1. The third-order valence-corrected chi connectivity index (χ3v) is 2.53. The van der Waals surface area contributed by atoms with E-state index in [0.717, 1.165) is 26.2 Å². The Labute approximate surface area is 88.7 Å². The molecule has 0 amide bonds. The number of piperazine rings is 1. The Morgan fingerprint density at radius 1 is 1.33 bits per heavy atom. The monoisotopic (exact) mass is 210 g/mol. The lowest BCUT2D eigenvalue weighted by atomic mass is 10.4. The molecule has 0 spiro atoms. The van der Waals surface area contributed by atoms with Crippen LogP contribution in [0.5, 0.6) is 0 Å². The topological polar surface area (TPSA) is 31.4 Å². The molecule has 0 unspecified atom stereocenters. The summed E-state index contributed by atoms with van der Waals surface area (Å²) in [7, 11) is 2.08. The molecule has 5 heteroatoms. The van der Waals surface area contributed by atoms with Gasteiger partial charge in [-0.25, -0.2) is 14.4 Å². The largest absolute Gasteiger partial charge is 0.304 e. The zero-order valence-electron chi connectivity index (χ0n) is 8.78. The van der Waals surface area contributed by atoms with Crippen LogP contribution in [0, 0.1) is 5.82 Å². The lowest BCUT2D eigenvalue weighted by Crippen LogP contribution is -2.47. The molecule has 0 saturated carbocycles. The lowest BCUT2D eigenvalue weighted by molar-refractivity contribution is 0.178. The van der Waals surface area contributed by atoms with E-state index in [1.54, 1.807) is 12.3 Å². The maximum absolute atomic E-state index is 13.3. The summed E-state index contributed by atoms with van der Waals surface area (Å²) in [5, 5.41) is 1.99. The van der Waals surface area contributed by atoms with Crippen LogP contribution in [0.25, 0.3) is 0 Å². The van der Waals surface area contributed by atoms with E-state index in [-0.39, 0.29) is 5.82 Å². The second kappa shape index (κ2) is 4.55. The van der Waals surface area contributed by atoms with Crippen molar-refractivity contribution in [3.05, 3.63) is 24.1 Å². The van der Waals surface area contributed by atoms with Crippen molar-refractivity contribution in [1.29, 1.82) is 0 Å². The molecule has 1 saturated heterocycles. The first kappa shape index (κ1) is 10.3. The van der Waals surface area contributed by atoms with Gasteiger partial charge in [-0.2, -0.15) is 0 Å². The Bertz CT molecular complexity index is 323. The number of likely N-dealkylation sites (N-methyl/N-ethyl adjacent to an activating group) is 1. The second-order valence-electron chi connectivity index (χ2n) is 3.74. The fourth-order valence-electron chi connectivity index (χ4n) is 1.54. The number of hydrogen-bond acceptors (Lipinski definition) is 4. The molecule has 1 aromatic heterocycles. The predicted octanol–water partition coefficient (Wildman–Crippen LogP) is 0.795. The Hall–Kier alpha value is -1.20. The minimum Gasteiger partial charge on any atom is -0.304 e. The maximum Gasteiger partial charge on any atom is 0.176 e. The normalized spacial score (nSPS) is 19.1. The SMILES string of the molecule is CN1CCN(Nc2ncccc2F)CC1. The van der Waals surface area contributed by atoms with Gasteiger partial charge in [0.25, 0.3) is 0 Å². The zero-order chi connectivity index (χ0) is 10.7. The van der Waals surface area contributed by atoms with Gasteiger partial charge in [0.2, 0.25) is 0 Å². The highest BCUT2D eigenvalue weighted by molar-refractivity contribution is 5.34. The molecule has 1 N–H and O–H groups in total. The summed E-state index contributed by atoms with van der Waals surface area (Å²) >= 11 is 0. The first-order chi connectivity index (χ1) is 7.25. The van der Waals surface area contributed by atoms with Crippen molar-refractivity contribution in [2.75, 3.05) is 38.7 Å². The van der Waals surface area contributed by atoms with Crippen LogP contribution in [0.4, 0.5) is 10.2 Å². The van der Waals surface area contributed by atoms with Crippen molar-refractivity contribution >= 4 is 5.82 Å². The quantitative estimate of drug-likeness (QED) is 0.782. The van der Waals surface area contributed by atoms with Crippen LogP contribution < -0.4 is 5.43 Å². The van der Waals surface area contributed by atoms with Gasteiger partial charge < -0.3 is 10.3 Å². The minimum absolute atomic E-state index is 0.307. The van der Waals surface area contributed by atoms with E-state index < -0.39 is 0 Å². The first-order valence-corrected chi connectivity index (χ1v) is 5.06. The molecule has 1 aliphatic heterocycles. The number of anilines is 1. The van der Waals surface area contributed by atoms with Gasteiger partial charge in [0.15, 0.2) is 11.6 Å². The molecule has 0 bridgehead atoms. The van der Waals surface area contributed by atoms with E-state index in [9.17, 15) is 4.39 Å². The van der Waals surface area contributed by atoms with E-state index in [2.05, 4.69) is 22.4 Å². The fourth-order valence-corrected chi connectivity index (χ4v) is 1.54. The summed E-state index contributed by atoms with van der Waals surface area (Å²) in [4.78, 5) is 6.19. The summed E-state index contributed by atoms with van der Waals surface area (Å²) in [6, 6.07) is 3.00. The maximum atomic E-state index is 13.3. The van der Waals surface area contributed by atoms with Crippen LogP contribution >= 0.6 is 0 Å². The lowest BCUT2D eigenvalue weighted by Gasteiger charge is -2.32. The molecule has 0 aliphatic carbocycles. The molecular formula is C10H15FN4. The molecular weight excluding hydrogens is 195 g/mol. The predicted molar refractivity (Wildman–Crippen MR) is 56.9 cm³/mol. The van der Waals surface area contributed by atoms with Gasteiger partial charge in [0, 0.05) is 32.4 Å². The van der Waals surface area contributed by atoms with Crippen molar-refractivity contribution in [1.82, 2.24) is 14.9 Å². The van der Waals surface area contributed by atoms with Crippen LogP contribution in [0.3, 0.4) is 0 Å². The molecule has 2 rings (SSSR count). The van der Waals surface area contributed by atoms with Crippen molar-refractivity contribution < 1.29 is 4.39 Å². The van der Waals surface area contributed by atoms with Crippen molar-refractivity contribution in [2.24, 2.45) is 0 Å². The smallest absolute Gasteiger partial charge is 0.176 e. The number of hydrazine groups is 1. The summed E-state index contributed by atoms with van der Waals surface area (Å²) < 4.78 is 13.3. The number of hydrogen-bond donors (Lipinski definition) is 1. The molecule has 4 nitrogen and oxygen atoms in total. The third kappa shape index (κ3) is 2.64. The van der Waals surface area contributed by atoms with Crippen LogP contribution in [-0.2, 0) is 0 Å². The third-order valence-electron chi connectivity index (χ3n) is 2.53. The molecule has 0 aromatic carbocycles. The van der Waals surface area contributed by atoms with E-state index >= 15 is 0 Å². The molecule has 2 heterocycles. The highest BCUT2D eigenvalue weighted by atomic mass is 19.1. The summed E-state index contributed by atoms with van der Waals surface area (Å²) in [5.41, 5.74) is 2.99. The van der Waals surface area contributed by atoms with Crippen LogP contribution in [-0.4, -0.2) is 48.1 Å². The van der Waals surface area contributed by atoms with Gasteiger partial charge in [0.05, 0.1) is 0 Å². The zero-order valence-corrected chi connectivity index (χ0v) is 8.78. The van der Waals surface area contributed by atoms with Gasteiger partial charge in [-0.05, 0) is 19.2 Å². The molecule has 15 heavy (non-hydrogen) atoms. The number of nitrogens with zero attached hydrogens (tertiary/aromatic N) is 3. The van der Waals surface area contributed by atoms with Gasteiger partial charge >= 0.3 is 0 Å². The Balaban J connectivity index is 1.95. The average Bonchev–Trinajstić information content (AvgIpc) is 2.25. The van der Waals surface area contributed by atoms with E-state index in [1.165, 1.54) is 6.07 Å². The Morgan fingerprint density at radius 2 is 2.07 bits per heavy atom. The summed E-state index contributed by atoms with van der Waals surface area (Å²) in [6.45, 7) is 3.74. The standard InChI is InChI=1S/C10H15FN4/c1-14-5-7-15(8-6-14)13-10-9(11)3-2-4-12-10/h2-4H,5-8H2,1H3,(H,12,13). The number of rotatable bonds is 2. The van der Waals surface area contributed by atoms with Crippen LogP contribution in [0.1, 0.15) is 0 Å². The fraction of sp³-hybridized carbons (Fsp3) is 0.500. The van der Waals surface area contributed by atoms with Gasteiger partial charge in [-0.1, -0.05) is 0 Å². The molecule has 1 aliphatic rings. The highest BCUT2D eigenvalue weighted by Crippen LogP contribution is 2.10. The van der Waals surface area contributed by atoms with Gasteiger partial charge in [-0.3, -0.25) is 0 Å². The van der Waals surface area contributed by atoms with Crippen LogP contribution in [0.2, 0.25) is 0 Å². The van der Waals surface area contributed by atoms with Crippen molar-refractivity contribution in [2.45, 2.75) is 0 Å². The minimum atomic E-state index is -0.309. The van der Waals surface area contributed by atoms with E-state index in [1.807, 2.05) is 5.01 Å². The molecule has 82 valence electrons. The van der Waals surface area contributed by atoms with Crippen molar-refractivity contribution in [3.8, 4) is 0 Å². The molecule has 1 aromatic rings. The number of nitrogens with one attached hydrogen (secondary N) is 1. The van der Waals surface area contributed by atoms with Crippen molar-refractivity contribution in [3.63, 3.8) is 0 Å². The summed E-state index contributed by atoms with van der Waals surface area (Å²) in [5.74, 6) is -0.00141. The highest BCUT2D eigenvalue weighted by Gasteiger charge is 2.14. The van der Waals surface area contributed by atoms with E-state index in [4.69, 9.17) is 0 Å².